The molecule has 0 radical (unpaired) electrons. The number of aliphatic hydroxyl groups is 1. The van der Waals surface area contributed by atoms with E-state index in [1.165, 1.54) is 4.40 Å². The Labute approximate surface area is 116 Å². The molecule has 0 aliphatic rings. The molecule has 0 saturated heterocycles. The van der Waals surface area contributed by atoms with Crippen LogP contribution in [0.25, 0.3) is 5.65 Å². The van der Waals surface area contributed by atoms with Gasteiger partial charge in [-0.2, -0.15) is 0 Å². The maximum atomic E-state index is 12.5. The molecule has 0 unspecified atom stereocenters. The van der Waals surface area contributed by atoms with Gasteiger partial charge in [-0.15, -0.1) is 0 Å². The van der Waals surface area contributed by atoms with Crippen LogP contribution >= 0.6 is 0 Å². The molecule has 2 aromatic heterocycles. The van der Waals surface area contributed by atoms with Crippen LogP contribution in [0.1, 0.15) is 16.8 Å². The molecule has 4 heteroatoms. The molecule has 20 heavy (non-hydrogen) atoms. The van der Waals surface area contributed by atoms with Crippen molar-refractivity contribution in [1.29, 1.82) is 0 Å². The van der Waals surface area contributed by atoms with Crippen LogP contribution in [0.3, 0.4) is 0 Å². The number of aliphatic hydroxyl groups excluding tert-OH is 1. The molecule has 0 fully saturated rings. The van der Waals surface area contributed by atoms with Gasteiger partial charge in [0.25, 0.3) is 5.56 Å². The molecule has 0 bridgehead atoms. The van der Waals surface area contributed by atoms with Crippen molar-refractivity contribution in [1.82, 2.24) is 9.38 Å². The van der Waals surface area contributed by atoms with Crippen LogP contribution in [0, 0.1) is 0 Å². The molecular formula is C16H14N2O2. The predicted molar refractivity (Wildman–Crippen MR) is 76.6 cm³/mol. The van der Waals surface area contributed by atoms with Crippen molar-refractivity contribution < 1.29 is 5.11 Å². The van der Waals surface area contributed by atoms with Gasteiger partial charge in [-0.3, -0.25) is 9.20 Å². The first kappa shape index (κ1) is 12.6. The summed E-state index contributed by atoms with van der Waals surface area (Å²) in [5, 5.41) is 9.47. The van der Waals surface area contributed by atoms with E-state index in [1.807, 2.05) is 36.4 Å². The first-order chi connectivity index (χ1) is 9.79. The summed E-state index contributed by atoms with van der Waals surface area (Å²) >= 11 is 0. The summed E-state index contributed by atoms with van der Waals surface area (Å²) in [7, 11) is 0. The number of aromatic nitrogens is 2. The standard InChI is InChI=1S/C16H14N2O2/c19-11-14-13(10-12-6-2-1-3-7-12)16(20)18-9-5-4-8-15(18)17-14/h1-9,19H,10-11H2. The molecule has 0 atom stereocenters. The maximum Gasteiger partial charge on any atom is 0.261 e. The third-order valence-corrected chi connectivity index (χ3v) is 3.29. The summed E-state index contributed by atoms with van der Waals surface area (Å²) in [5.74, 6) is 0. The number of nitrogens with zero attached hydrogens (tertiary/aromatic N) is 2. The maximum absolute atomic E-state index is 12.5. The Balaban J connectivity index is 2.18. The van der Waals surface area contributed by atoms with E-state index < -0.39 is 0 Å². The van der Waals surface area contributed by atoms with Crippen LogP contribution in [0.15, 0.2) is 59.5 Å². The number of hydrogen-bond acceptors (Lipinski definition) is 3. The van der Waals surface area contributed by atoms with Crippen molar-refractivity contribution in [3.8, 4) is 0 Å². The van der Waals surface area contributed by atoms with Crippen LogP contribution in [-0.4, -0.2) is 14.5 Å². The van der Waals surface area contributed by atoms with Crippen LogP contribution in [0.4, 0.5) is 0 Å². The van der Waals surface area contributed by atoms with E-state index >= 15 is 0 Å². The lowest BCUT2D eigenvalue weighted by Crippen LogP contribution is -2.22. The minimum atomic E-state index is -0.233. The summed E-state index contributed by atoms with van der Waals surface area (Å²) in [6.45, 7) is -0.233. The largest absolute Gasteiger partial charge is 0.390 e. The number of rotatable bonds is 3. The Hall–Kier alpha value is -2.46. The SMILES string of the molecule is O=c1c(Cc2ccccc2)c(CO)nc2ccccn12. The van der Waals surface area contributed by atoms with E-state index in [4.69, 9.17) is 0 Å². The van der Waals surface area contributed by atoms with Crippen LogP contribution in [0.5, 0.6) is 0 Å². The highest BCUT2D eigenvalue weighted by atomic mass is 16.3. The lowest BCUT2D eigenvalue weighted by atomic mass is 10.0. The summed E-state index contributed by atoms with van der Waals surface area (Å²) < 4.78 is 1.51. The monoisotopic (exact) mass is 266 g/mol. The van der Waals surface area contributed by atoms with Gasteiger partial charge in [0.1, 0.15) is 5.65 Å². The molecule has 1 N–H and O–H groups in total. The Bertz CT molecular complexity index is 794. The van der Waals surface area contributed by atoms with E-state index in [0.717, 1.165) is 5.56 Å². The second-order valence-corrected chi connectivity index (χ2v) is 4.59. The minimum absolute atomic E-state index is 0.122. The summed E-state index contributed by atoms with van der Waals surface area (Å²) in [6.07, 6.45) is 2.17. The number of fused-ring (bicyclic) bond motifs is 1. The van der Waals surface area contributed by atoms with E-state index in [-0.39, 0.29) is 12.2 Å². The van der Waals surface area contributed by atoms with E-state index in [2.05, 4.69) is 4.98 Å². The van der Waals surface area contributed by atoms with Crippen LogP contribution in [0.2, 0.25) is 0 Å². The zero-order valence-corrected chi connectivity index (χ0v) is 10.9. The van der Waals surface area contributed by atoms with Crippen molar-refractivity contribution in [3.05, 3.63) is 81.9 Å². The molecular weight excluding hydrogens is 252 g/mol. The molecule has 0 saturated carbocycles. The van der Waals surface area contributed by atoms with Crippen molar-refractivity contribution in [2.24, 2.45) is 0 Å². The molecule has 3 rings (SSSR count). The van der Waals surface area contributed by atoms with Crippen molar-refractivity contribution in [3.63, 3.8) is 0 Å². The topological polar surface area (TPSA) is 54.6 Å². The first-order valence-corrected chi connectivity index (χ1v) is 6.43. The van der Waals surface area contributed by atoms with Crippen LogP contribution < -0.4 is 5.56 Å². The van der Waals surface area contributed by atoms with Gasteiger partial charge in [0.05, 0.1) is 12.3 Å². The number of pyridine rings is 1. The molecule has 3 aromatic rings. The Morgan fingerprint density at radius 1 is 1.05 bits per heavy atom. The fraction of sp³-hybridized carbons (Fsp3) is 0.125. The highest BCUT2D eigenvalue weighted by molar-refractivity contribution is 5.41. The molecule has 0 spiro atoms. The minimum Gasteiger partial charge on any atom is -0.390 e. The van der Waals surface area contributed by atoms with Gasteiger partial charge in [0, 0.05) is 18.2 Å². The third-order valence-electron chi connectivity index (χ3n) is 3.29. The Kier molecular flexibility index (Phi) is 3.31. The lowest BCUT2D eigenvalue weighted by molar-refractivity contribution is 0.275. The van der Waals surface area contributed by atoms with E-state index in [1.54, 1.807) is 18.3 Å². The van der Waals surface area contributed by atoms with Crippen LogP contribution in [-0.2, 0) is 13.0 Å². The fourth-order valence-electron chi connectivity index (χ4n) is 2.28. The van der Waals surface area contributed by atoms with Gasteiger partial charge >= 0.3 is 0 Å². The van der Waals surface area contributed by atoms with E-state index in [0.29, 0.717) is 23.3 Å². The quantitative estimate of drug-likeness (QED) is 0.786. The zero-order chi connectivity index (χ0) is 13.9. The molecule has 2 heterocycles. The zero-order valence-electron chi connectivity index (χ0n) is 10.9. The second-order valence-electron chi connectivity index (χ2n) is 4.59. The average Bonchev–Trinajstić information content (AvgIpc) is 2.51. The molecule has 4 nitrogen and oxygen atoms in total. The highest BCUT2D eigenvalue weighted by Crippen LogP contribution is 2.11. The summed E-state index contributed by atoms with van der Waals surface area (Å²) in [4.78, 5) is 16.9. The lowest BCUT2D eigenvalue weighted by Gasteiger charge is -2.09. The van der Waals surface area contributed by atoms with Crippen molar-refractivity contribution in [2.75, 3.05) is 0 Å². The average molecular weight is 266 g/mol. The summed E-state index contributed by atoms with van der Waals surface area (Å²) in [5.41, 5.74) is 2.45. The molecule has 1 aromatic carbocycles. The van der Waals surface area contributed by atoms with Gasteiger partial charge in [-0.05, 0) is 17.7 Å². The van der Waals surface area contributed by atoms with Gasteiger partial charge < -0.3 is 5.11 Å². The van der Waals surface area contributed by atoms with Gasteiger partial charge in [0.2, 0.25) is 0 Å². The molecule has 0 amide bonds. The van der Waals surface area contributed by atoms with Crippen molar-refractivity contribution in [2.45, 2.75) is 13.0 Å². The van der Waals surface area contributed by atoms with Gasteiger partial charge in [-0.25, -0.2) is 4.98 Å². The second kappa shape index (κ2) is 5.27. The first-order valence-electron chi connectivity index (χ1n) is 6.43. The van der Waals surface area contributed by atoms with Gasteiger partial charge in [0.15, 0.2) is 0 Å². The molecule has 100 valence electrons. The van der Waals surface area contributed by atoms with E-state index in [9.17, 15) is 9.90 Å². The Morgan fingerprint density at radius 3 is 2.55 bits per heavy atom. The molecule has 0 aliphatic carbocycles. The number of hydrogen-bond donors (Lipinski definition) is 1. The molecule has 0 aliphatic heterocycles. The fourth-order valence-corrected chi connectivity index (χ4v) is 2.28. The highest BCUT2D eigenvalue weighted by Gasteiger charge is 2.12. The predicted octanol–water partition coefficient (Wildman–Crippen LogP) is 1.78. The third kappa shape index (κ3) is 2.21. The Morgan fingerprint density at radius 2 is 1.80 bits per heavy atom. The van der Waals surface area contributed by atoms with Gasteiger partial charge in [-0.1, -0.05) is 36.4 Å². The smallest absolute Gasteiger partial charge is 0.261 e. The normalized spacial score (nSPS) is 10.8. The summed E-state index contributed by atoms with van der Waals surface area (Å²) in [6, 6.07) is 15.1. The van der Waals surface area contributed by atoms with Crippen molar-refractivity contribution >= 4 is 5.65 Å². The number of benzene rings is 1.